The first kappa shape index (κ1) is 9.01. The molecule has 1 aliphatic heterocycles. The molecule has 0 atom stereocenters. The molecular formula is C11H15N. The third-order valence-electron chi connectivity index (χ3n) is 1.87. The first-order chi connectivity index (χ1) is 5.88. The van der Waals surface area contributed by atoms with E-state index in [0.717, 1.165) is 13.1 Å². The Bertz CT molecular complexity index is 244. The van der Waals surface area contributed by atoms with Crippen LogP contribution in [0.1, 0.15) is 6.92 Å². The van der Waals surface area contributed by atoms with Crippen molar-refractivity contribution >= 4 is 0 Å². The molecule has 0 saturated carbocycles. The van der Waals surface area contributed by atoms with Gasteiger partial charge >= 0.3 is 0 Å². The molecule has 1 rings (SSSR count). The number of allylic oxidation sites excluding steroid dienone is 4. The number of nitrogens with one attached hydrogen (secondary N) is 1. The van der Waals surface area contributed by atoms with Gasteiger partial charge in [0.2, 0.25) is 0 Å². The van der Waals surface area contributed by atoms with E-state index >= 15 is 0 Å². The highest BCUT2D eigenvalue weighted by Gasteiger charge is 2.04. The highest BCUT2D eigenvalue weighted by atomic mass is 14.9. The van der Waals surface area contributed by atoms with Gasteiger partial charge in [0.05, 0.1) is 0 Å². The van der Waals surface area contributed by atoms with Gasteiger partial charge in [-0.15, -0.1) is 0 Å². The molecule has 64 valence electrons. The molecular weight excluding hydrogens is 146 g/mol. The van der Waals surface area contributed by atoms with E-state index in [0.29, 0.717) is 0 Å². The number of rotatable bonds is 3. The van der Waals surface area contributed by atoms with Crippen LogP contribution in [0.15, 0.2) is 48.1 Å². The van der Waals surface area contributed by atoms with Gasteiger partial charge in [-0.3, -0.25) is 0 Å². The van der Waals surface area contributed by atoms with Crippen molar-refractivity contribution in [2.24, 2.45) is 0 Å². The Balaban J connectivity index is 2.73. The first-order valence-electron chi connectivity index (χ1n) is 4.24. The molecule has 0 aromatic carbocycles. The Morgan fingerprint density at radius 2 is 2.50 bits per heavy atom. The molecule has 0 saturated heterocycles. The van der Waals surface area contributed by atoms with Gasteiger partial charge in [0.15, 0.2) is 0 Å². The van der Waals surface area contributed by atoms with E-state index in [2.05, 4.69) is 24.0 Å². The lowest BCUT2D eigenvalue weighted by Gasteiger charge is -2.00. The van der Waals surface area contributed by atoms with Crippen molar-refractivity contribution in [2.75, 3.05) is 13.1 Å². The van der Waals surface area contributed by atoms with Crippen LogP contribution in [0.25, 0.3) is 0 Å². The van der Waals surface area contributed by atoms with Crippen molar-refractivity contribution in [1.82, 2.24) is 5.32 Å². The lowest BCUT2D eigenvalue weighted by atomic mass is 10.1. The first-order valence-corrected chi connectivity index (χ1v) is 4.24. The minimum Gasteiger partial charge on any atom is -0.309 e. The zero-order valence-electron chi connectivity index (χ0n) is 7.51. The zero-order valence-corrected chi connectivity index (χ0v) is 7.51. The number of hydrogen-bond donors (Lipinski definition) is 1. The van der Waals surface area contributed by atoms with Gasteiger partial charge in [0, 0.05) is 13.1 Å². The van der Waals surface area contributed by atoms with Crippen molar-refractivity contribution in [3.63, 3.8) is 0 Å². The molecule has 1 nitrogen and oxygen atoms in total. The topological polar surface area (TPSA) is 12.0 Å². The van der Waals surface area contributed by atoms with Gasteiger partial charge in [0.25, 0.3) is 0 Å². The molecule has 1 heterocycles. The summed E-state index contributed by atoms with van der Waals surface area (Å²) in [7, 11) is 0. The van der Waals surface area contributed by atoms with Crippen molar-refractivity contribution in [1.29, 1.82) is 0 Å². The van der Waals surface area contributed by atoms with Crippen LogP contribution in [0.5, 0.6) is 0 Å². The summed E-state index contributed by atoms with van der Waals surface area (Å²) in [5.74, 6) is 0. The second kappa shape index (κ2) is 4.73. The van der Waals surface area contributed by atoms with E-state index in [1.54, 1.807) is 0 Å². The van der Waals surface area contributed by atoms with E-state index in [1.807, 2.05) is 25.2 Å². The van der Waals surface area contributed by atoms with Gasteiger partial charge in [-0.25, -0.2) is 0 Å². The van der Waals surface area contributed by atoms with E-state index in [-0.39, 0.29) is 0 Å². The summed E-state index contributed by atoms with van der Waals surface area (Å²) < 4.78 is 0. The minimum absolute atomic E-state index is 0.968. The average molecular weight is 161 g/mol. The third kappa shape index (κ3) is 2.21. The monoisotopic (exact) mass is 161 g/mol. The summed E-state index contributed by atoms with van der Waals surface area (Å²) in [6, 6.07) is 0. The van der Waals surface area contributed by atoms with Gasteiger partial charge in [-0.1, -0.05) is 37.0 Å². The van der Waals surface area contributed by atoms with Crippen molar-refractivity contribution in [3.8, 4) is 0 Å². The molecule has 12 heavy (non-hydrogen) atoms. The van der Waals surface area contributed by atoms with Crippen LogP contribution in [-0.2, 0) is 0 Å². The standard InChI is InChI=1S/C11H15N/c1-3-5-6-10(4-2)11-7-8-12-9-11/h3-7,12H,2,8-9H2,1H3/b5-3-,10-6+. The predicted molar refractivity (Wildman–Crippen MR) is 54.0 cm³/mol. The maximum atomic E-state index is 3.79. The fourth-order valence-electron chi connectivity index (χ4n) is 1.20. The second-order valence-corrected chi connectivity index (χ2v) is 2.71. The third-order valence-corrected chi connectivity index (χ3v) is 1.87. The van der Waals surface area contributed by atoms with Crippen LogP contribution in [-0.4, -0.2) is 13.1 Å². The van der Waals surface area contributed by atoms with Crippen molar-refractivity contribution in [2.45, 2.75) is 6.92 Å². The molecule has 0 aliphatic carbocycles. The van der Waals surface area contributed by atoms with Crippen LogP contribution in [0, 0.1) is 0 Å². The summed E-state index contributed by atoms with van der Waals surface area (Å²) in [4.78, 5) is 0. The summed E-state index contributed by atoms with van der Waals surface area (Å²) in [6.45, 7) is 7.75. The molecule has 0 bridgehead atoms. The van der Waals surface area contributed by atoms with Gasteiger partial charge in [-0.05, 0) is 18.1 Å². The van der Waals surface area contributed by atoms with Crippen molar-refractivity contribution < 1.29 is 0 Å². The van der Waals surface area contributed by atoms with E-state index < -0.39 is 0 Å². The Labute approximate surface area is 74.2 Å². The van der Waals surface area contributed by atoms with Crippen LogP contribution < -0.4 is 5.32 Å². The highest BCUT2D eigenvalue weighted by molar-refractivity contribution is 5.43. The second-order valence-electron chi connectivity index (χ2n) is 2.71. The normalized spacial score (nSPS) is 18.4. The van der Waals surface area contributed by atoms with E-state index in [9.17, 15) is 0 Å². The molecule has 0 unspecified atom stereocenters. The SMILES string of the molecule is C=C/C(=C\C=C/C)C1=CCNC1. The van der Waals surface area contributed by atoms with Crippen LogP contribution in [0.4, 0.5) is 0 Å². The largest absolute Gasteiger partial charge is 0.309 e. The van der Waals surface area contributed by atoms with Gasteiger partial charge in [0.1, 0.15) is 0 Å². The maximum Gasteiger partial charge on any atom is 0.0211 e. The molecule has 0 spiro atoms. The van der Waals surface area contributed by atoms with Crippen LogP contribution in [0.3, 0.4) is 0 Å². The van der Waals surface area contributed by atoms with Gasteiger partial charge in [-0.2, -0.15) is 0 Å². The highest BCUT2D eigenvalue weighted by Crippen LogP contribution is 2.12. The molecule has 1 aliphatic rings. The summed E-state index contributed by atoms with van der Waals surface area (Å²) in [5, 5.41) is 3.26. The summed E-state index contributed by atoms with van der Waals surface area (Å²) in [5.41, 5.74) is 2.57. The predicted octanol–water partition coefficient (Wildman–Crippen LogP) is 2.20. The summed E-state index contributed by atoms with van der Waals surface area (Å²) in [6.07, 6.45) is 10.3. The average Bonchev–Trinajstić information content (AvgIpc) is 2.59. The lowest BCUT2D eigenvalue weighted by molar-refractivity contribution is 0.879. The maximum absolute atomic E-state index is 3.79. The summed E-state index contributed by atoms with van der Waals surface area (Å²) >= 11 is 0. The van der Waals surface area contributed by atoms with Crippen LogP contribution >= 0.6 is 0 Å². The van der Waals surface area contributed by atoms with Crippen molar-refractivity contribution in [3.05, 3.63) is 48.1 Å². The molecule has 1 N–H and O–H groups in total. The lowest BCUT2D eigenvalue weighted by Crippen LogP contribution is -2.08. The number of hydrogen-bond acceptors (Lipinski definition) is 1. The Kier molecular flexibility index (Phi) is 3.55. The minimum atomic E-state index is 0.968. The Morgan fingerprint density at radius 3 is 3.00 bits per heavy atom. The molecule has 1 heteroatoms. The van der Waals surface area contributed by atoms with E-state index in [1.165, 1.54) is 11.1 Å². The fourth-order valence-corrected chi connectivity index (χ4v) is 1.20. The van der Waals surface area contributed by atoms with Gasteiger partial charge < -0.3 is 5.32 Å². The Hall–Kier alpha value is -1.08. The molecule has 0 amide bonds. The van der Waals surface area contributed by atoms with E-state index in [4.69, 9.17) is 0 Å². The fraction of sp³-hybridized carbons (Fsp3) is 0.273. The Morgan fingerprint density at radius 1 is 1.67 bits per heavy atom. The quantitative estimate of drug-likeness (QED) is 0.626. The molecule has 0 aromatic heterocycles. The molecule has 0 aromatic rings. The zero-order chi connectivity index (χ0) is 8.81. The molecule has 0 radical (unpaired) electrons. The molecule has 0 fully saturated rings. The smallest absolute Gasteiger partial charge is 0.0211 e. The van der Waals surface area contributed by atoms with Crippen LogP contribution in [0.2, 0.25) is 0 Å².